The molecule has 4 heteroatoms. The zero-order chi connectivity index (χ0) is 14.6. The van der Waals surface area contributed by atoms with Crippen LogP contribution in [0.5, 0.6) is 11.5 Å². The van der Waals surface area contributed by atoms with Crippen molar-refractivity contribution < 1.29 is 9.47 Å². The van der Waals surface area contributed by atoms with E-state index in [1.807, 2.05) is 26.0 Å². The summed E-state index contributed by atoms with van der Waals surface area (Å²) in [6.45, 7) is 3.88. The highest BCUT2D eigenvalue weighted by molar-refractivity contribution is 5.52. The van der Waals surface area contributed by atoms with Crippen molar-refractivity contribution in [1.29, 1.82) is 5.26 Å². The second-order valence-corrected chi connectivity index (χ2v) is 4.80. The molecule has 0 amide bonds. The predicted molar refractivity (Wildman–Crippen MR) is 75.6 cm³/mol. The number of ether oxygens (including phenoxy) is 2. The van der Waals surface area contributed by atoms with Gasteiger partial charge >= 0.3 is 0 Å². The fourth-order valence-corrected chi connectivity index (χ4v) is 1.94. The molecule has 0 spiro atoms. The van der Waals surface area contributed by atoms with Crippen LogP contribution in [0.3, 0.4) is 0 Å². The molecule has 2 aromatic rings. The molecule has 0 bridgehead atoms. The van der Waals surface area contributed by atoms with Gasteiger partial charge in [0.1, 0.15) is 11.7 Å². The first kappa shape index (κ1) is 13.9. The molecule has 20 heavy (non-hydrogen) atoms. The van der Waals surface area contributed by atoms with Crippen LogP contribution in [-0.2, 0) is 5.60 Å². The number of para-hydroxylation sites is 1. The molecule has 0 saturated heterocycles. The molecule has 0 radical (unpaired) electrons. The highest BCUT2D eigenvalue weighted by Crippen LogP contribution is 2.36. The topological polar surface area (TPSA) is 55.1 Å². The van der Waals surface area contributed by atoms with E-state index in [1.165, 1.54) is 0 Å². The van der Waals surface area contributed by atoms with E-state index in [-0.39, 0.29) is 0 Å². The monoisotopic (exact) mass is 268 g/mol. The SMILES string of the molecule is COc1cccc(C#N)c1OC(C)(C)c1ccncc1. The first-order valence-corrected chi connectivity index (χ1v) is 6.25. The fraction of sp³-hybridized carbons (Fsp3) is 0.250. The smallest absolute Gasteiger partial charge is 0.180 e. The maximum atomic E-state index is 9.21. The molecule has 102 valence electrons. The number of aromatic nitrogens is 1. The Morgan fingerprint density at radius 1 is 1.15 bits per heavy atom. The average molecular weight is 268 g/mol. The van der Waals surface area contributed by atoms with Gasteiger partial charge in [-0.25, -0.2) is 0 Å². The van der Waals surface area contributed by atoms with Crippen molar-refractivity contribution in [3.63, 3.8) is 0 Å². The van der Waals surface area contributed by atoms with Gasteiger partial charge in [-0.05, 0) is 43.7 Å². The third kappa shape index (κ3) is 2.72. The Morgan fingerprint density at radius 3 is 2.45 bits per heavy atom. The highest BCUT2D eigenvalue weighted by atomic mass is 16.5. The summed E-state index contributed by atoms with van der Waals surface area (Å²) >= 11 is 0. The van der Waals surface area contributed by atoms with Crippen LogP contribution >= 0.6 is 0 Å². The molecular formula is C16H16N2O2. The van der Waals surface area contributed by atoms with Crippen LogP contribution in [0.1, 0.15) is 25.0 Å². The Kier molecular flexibility index (Phi) is 3.90. The summed E-state index contributed by atoms with van der Waals surface area (Å²) in [5, 5.41) is 9.21. The summed E-state index contributed by atoms with van der Waals surface area (Å²) < 4.78 is 11.3. The van der Waals surface area contributed by atoms with E-state index in [0.29, 0.717) is 17.1 Å². The first-order valence-electron chi connectivity index (χ1n) is 6.25. The molecule has 0 N–H and O–H groups in total. The molecule has 0 unspecified atom stereocenters. The van der Waals surface area contributed by atoms with Crippen molar-refractivity contribution in [2.45, 2.75) is 19.4 Å². The third-order valence-corrected chi connectivity index (χ3v) is 3.05. The zero-order valence-corrected chi connectivity index (χ0v) is 11.8. The normalized spacial score (nSPS) is 10.7. The Labute approximate surface area is 118 Å². The summed E-state index contributed by atoms with van der Waals surface area (Å²) in [6, 6.07) is 11.2. The molecule has 1 heterocycles. The molecule has 0 aliphatic heterocycles. The van der Waals surface area contributed by atoms with E-state index in [1.54, 1.807) is 37.7 Å². The fourth-order valence-electron chi connectivity index (χ4n) is 1.94. The Hall–Kier alpha value is -2.54. The lowest BCUT2D eigenvalue weighted by molar-refractivity contribution is 0.103. The molecule has 2 rings (SSSR count). The maximum absolute atomic E-state index is 9.21. The second kappa shape index (κ2) is 5.62. The summed E-state index contributed by atoms with van der Waals surface area (Å²) in [7, 11) is 1.56. The van der Waals surface area contributed by atoms with E-state index in [9.17, 15) is 5.26 Å². The minimum Gasteiger partial charge on any atom is -0.493 e. The Balaban J connectivity index is 2.42. The Morgan fingerprint density at radius 2 is 1.85 bits per heavy atom. The lowest BCUT2D eigenvalue weighted by Crippen LogP contribution is -2.26. The van der Waals surface area contributed by atoms with Crippen molar-refractivity contribution in [3.05, 3.63) is 53.9 Å². The predicted octanol–water partition coefficient (Wildman–Crippen LogP) is 3.28. The van der Waals surface area contributed by atoms with Crippen molar-refractivity contribution in [1.82, 2.24) is 4.98 Å². The molecular weight excluding hydrogens is 252 g/mol. The van der Waals surface area contributed by atoms with Crippen LogP contribution in [0.4, 0.5) is 0 Å². The summed E-state index contributed by atoms with van der Waals surface area (Å²) in [4.78, 5) is 4.00. The second-order valence-electron chi connectivity index (χ2n) is 4.80. The third-order valence-electron chi connectivity index (χ3n) is 3.05. The molecule has 0 aliphatic rings. The lowest BCUT2D eigenvalue weighted by Gasteiger charge is -2.28. The summed E-state index contributed by atoms with van der Waals surface area (Å²) in [6.07, 6.45) is 3.43. The minimum atomic E-state index is -0.594. The molecule has 0 aliphatic carbocycles. The number of pyridine rings is 1. The first-order chi connectivity index (χ1) is 9.58. The van der Waals surface area contributed by atoms with Gasteiger partial charge in [-0.3, -0.25) is 4.98 Å². The van der Waals surface area contributed by atoms with E-state index in [2.05, 4.69) is 11.1 Å². The number of rotatable bonds is 4. The Bertz CT molecular complexity index is 631. The number of hydrogen-bond donors (Lipinski definition) is 0. The van der Waals surface area contributed by atoms with Crippen molar-refractivity contribution in [3.8, 4) is 17.6 Å². The zero-order valence-electron chi connectivity index (χ0n) is 11.8. The summed E-state index contributed by atoms with van der Waals surface area (Å²) in [5.74, 6) is 1.01. The van der Waals surface area contributed by atoms with Crippen LogP contribution < -0.4 is 9.47 Å². The van der Waals surface area contributed by atoms with Gasteiger partial charge in [0.15, 0.2) is 11.5 Å². The van der Waals surface area contributed by atoms with E-state index < -0.39 is 5.60 Å². The highest BCUT2D eigenvalue weighted by Gasteiger charge is 2.25. The molecule has 4 nitrogen and oxygen atoms in total. The number of benzene rings is 1. The molecule has 1 aromatic heterocycles. The van der Waals surface area contributed by atoms with Crippen LogP contribution in [0.15, 0.2) is 42.7 Å². The van der Waals surface area contributed by atoms with Gasteiger partial charge in [-0.2, -0.15) is 5.26 Å². The van der Waals surface area contributed by atoms with Crippen molar-refractivity contribution in [2.75, 3.05) is 7.11 Å². The number of nitrogens with zero attached hydrogens (tertiary/aromatic N) is 2. The lowest BCUT2D eigenvalue weighted by atomic mass is 9.99. The minimum absolute atomic E-state index is 0.450. The van der Waals surface area contributed by atoms with Gasteiger partial charge in [-0.1, -0.05) is 6.07 Å². The van der Waals surface area contributed by atoms with Gasteiger partial charge in [0, 0.05) is 12.4 Å². The largest absolute Gasteiger partial charge is 0.493 e. The van der Waals surface area contributed by atoms with Gasteiger partial charge in [0.2, 0.25) is 0 Å². The van der Waals surface area contributed by atoms with Crippen LogP contribution in [0, 0.1) is 11.3 Å². The van der Waals surface area contributed by atoms with Gasteiger partial charge in [0.05, 0.1) is 12.7 Å². The van der Waals surface area contributed by atoms with Crippen LogP contribution in [0.25, 0.3) is 0 Å². The molecule has 0 fully saturated rings. The van der Waals surface area contributed by atoms with Crippen LogP contribution in [-0.4, -0.2) is 12.1 Å². The van der Waals surface area contributed by atoms with Crippen molar-refractivity contribution >= 4 is 0 Å². The quantitative estimate of drug-likeness (QED) is 0.854. The molecule has 0 atom stereocenters. The molecule has 1 aromatic carbocycles. The van der Waals surface area contributed by atoms with Gasteiger partial charge in [-0.15, -0.1) is 0 Å². The summed E-state index contributed by atoms with van der Waals surface area (Å²) in [5.41, 5.74) is 0.831. The molecule has 0 saturated carbocycles. The van der Waals surface area contributed by atoms with E-state index in [0.717, 1.165) is 5.56 Å². The van der Waals surface area contributed by atoms with Gasteiger partial charge in [0.25, 0.3) is 0 Å². The standard InChI is InChI=1S/C16H16N2O2/c1-16(2,13-7-9-18-10-8-13)20-15-12(11-17)5-4-6-14(15)19-3/h4-10H,1-3H3. The number of methoxy groups -OCH3 is 1. The van der Waals surface area contributed by atoms with Crippen LogP contribution in [0.2, 0.25) is 0 Å². The maximum Gasteiger partial charge on any atom is 0.180 e. The number of nitriles is 1. The van der Waals surface area contributed by atoms with E-state index >= 15 is 0 Å². The van der Waals surface area contributed by atoms with E-state index in [4.69, 9.17) is 9.47 Å². The van der Waals surface area contributed by atoms with Crippen molar-refractivity contribution in [2.24, 2.45) is 0 Å². The average Bonchev–Trinajstić information content (AvgIpc) is 2.48. The number of hydrogen-bond acceptors (Lipinski definition) is 4. The van der Waals surface area contributed by atoms with Gasteiger partial charge < -0.3 is 9.47 Å².